The van der Waals surface area contributed by atoms with Gasteiger partial charge in [0.2, 0.25) is 0 Å². The lowest BCUT2D eigenvalue weighted by atomic mass is 10.2. The summed E-state index contributed by atoms with van der Waals surface area (Å²) in [6, 6.07) is 4.11. The number of nitrogens with one attached hydrogen (secondary N) is 1. The minimum absolute atomic E-state index is 0.356. The predicted octanol–water partition coefficient (Wildman–Crippen LogP) is 2.57. The van der Waals surface area contributed by atoms with Crippen molar-refractivity contribution in [3.8, 4) is 5.75 Å². The van der Waals surface area contributed by atoms with Crippen LogP contribution in [0.25, 0.3) is 0 Å². The first kappa shape index (κ1) is 15.4. The number of carboxylic acid groups (broad SMARTS) is 1. The van der Waals surface area contributed by atoms with Gasteiger partial charge in [0.15, 0.2) is 6.10 Å². The normalized spacial score (nSPS) is 12.2. The first-order chi connectivity index (χ1) is 9.08. The molecule has 0 aliphatic heterocycles. The van der Waals surface area contributed by atoms with Crippen LogP contribution in [-0.2, 0) is 11.3 Å². The van der Waals surface area contributed by atoms with Crippen molar-refractivity contribution in [3.05, 3.63) is 29.6 Å². The second-order valence-electron chi connectivity index (χ2n) is 4.28. The molecule has 2 N–H and O–H groups in total. The largest absolute Gasteiger partial charge is 0.479 e. The topological polar surface area (TPSA) is 58.6 Å². The van der Waals surface area contributed by atoms with E-state index in [1.54, 1.807) is 6.92 Å². The lowest BCUT2D eigenvalue weighted by Gasteiger charge is -2.16. The molecule has 0 aliphatic carbocycles. The van der Waals surface area contributed by atoms with Crippen LogP contribution in [0.2, 0.25) is 0 Å². The Morgan fingerprint density at radius 1 is 1.47 bits per heavy atom. The van der Waals surface area contributed by atoms with Crippen molar-refractivity contribution < 1.29 is 19.0 Å². The summed E-state index contributed by atoms with van der Waals surface area (Å²) in [7, 11) is 0. The fourth-order valence-electron chi connectivity index (χ4n) is 1.66. The Labute approximate surface area is 112 Å². The first-order valence-corrected chi connectivity index (χ1v) is 6.47. The Morgan fingerprint density at radius 3 is 2.79 bits per heavy atom. The molecule has 19 heavy (non-hydrogen) atoms. The van der Waals surface area contributed by atoms with Crippen molar-refractivity contribution in [3.63, 3.8) is 0 Å². The summed E-state index contributed by atoms with van der Waals surface area (Å²) >= 11 is 0. The van der Waals surface area contributed by atoms with Crippen molar-refractivity contribution in [2.45, 2.75) is 39.3 Å². The second-order valence-corrected chi connectivity index (χ2v) is 4.28. The molecule has 0 aliphatic rings. The Bertz CT molecular complexity index is 423. The standard InChI is InChI=1S/C14H20FNO3/c1-3-7-16-9-10-8-11(15)5-6-13(10)19-12(4-2)14(17)18/h5-6,8,12,16H,3-4,7,9H2,1-2H3,(H,17,18). The number of rotatable bonds is 8. The van der Waals surface area contributed by atoms with Crippen LogP contribution in [0.1, 0.15) is 32.3 Å². The first-order valence-electron chi connectivity index (χ1n) is 6.47. The number of hydrogen-bond acceptors (Lipinski definition) is 3. The molecule has 1 rings (SSSR count). The molecular formula is C14H20FNO3. The van der Waals surface area contributed by atoms with Crippen LogP contribution in [0.5, 0.6) is 5.75 Å². The zero-order valence-electron chi connectivity index (χ0n) is 11.3. The molecule has 0 saturated heterocycles. The average molecular weight is 269 g/mol. The lowest BCUT2D eigenvalue weighted by molar-refractivity contribution is -0.145. The molecule has 5 heteroatoms. The highest BCUT2D eigenvalue weighted by atomic mass is 19.1. The van der Waals surface area contributed by atoms with Crippen LogP contribution in [0.3, 0.4) is 0 Å². The summed E-state index contributed by atoms with van der Waals surface area (Å²) in [4.78, 5) is 11.0. The van der Waals surface area contributed by atoms with Gasteiger partial charge in [-0.2, -0.15) is 0 Å². The third kappa shape index (κ3) is 4.87. The van der Waals surface area contributed by atoms with Crippen molar-refractivity contribution in [2.75, 3.05) is 6.54 Å². The minimum Gasteiger partial charge on any atom is -0.479 e. The van der Waals surface area contributed by atoms with Gasteiger partial charge >= 0.3 is 5.97 Å². The predicted molar refractivity (Wildman–Crippen MR) is 70.7 cm³/mol. The summed E-state index contributed by atoms with van der Waals surface area (Å²) in [5.74, 6) is -0.956. The van der Waals surface area contributed by atoms with Crippen molar-refractivity contribution >= 4 is 5.97 Å². The molecule has 1 atom stereocenters. The zero-order chi connectivity index (χ0) is 14.3. The maximum Gasteiger partial charge on any atom is 0.344 e. The van der Waals surface area contributed by atoms with E-state index in [-0.39, 0.29) is 5.82 Å². The zero-order valence-corrected chi connectivity index (χ0v) is 11.3. The Balaban J connectivity index is 2.83. The van der Waals surface area contributed by atoms with Crippen LogP contribution < -0.4 is 10.1 Å². The highest BCUT2D eigenvalue weighted by molar-refractivity contribution is 5.72. The molecule has 0 radical (unpaired) electrons. The molecule has 0 bridgehead atoms. The van der Waals surface area contributed by atoms with E-state index < -0.39 is 12.1 Å². The van der Waals surface area contributed by atoms with Gasteiger partial charge in [-0.3, -0.25) is 0 Å². The van der Waals surface area contributed by atoms with Gasteiger partial charge in [-0.1, -0.05) is 13.8 Å². The van der Waals surface area contributed by atoms with Gasteiger partial charge in [0.1, 0.15) is 11.6 Å². The third-order valence-corrected chi connectivity index (χ3v) is 2.68. The van der Waals surface area contributed by atoms with Crippen molar-refractivity contribution in [2.24, 2.45) is 0 Å². The van der Waals surface area contributed by atoms with Crippen LogP contribution in [0.15, 0.2) is 18.2 Å². The molecular weight excluding hydrogens is 249 g/mol. The van der Waals surface area contributed by atoms with Gasteiger partial charge in [-0.15, -0.1) is 0 Å². The number of aliphatic carboxylic acids is 1. The van der Waals surface area contributed by atoms with Gasteiger partial charge < -0.3 is 15.2 Å². The van der Waals surface area contributed by atoms with E-state index in [1.165, 1.54) is 18.2 Å². The van der Waals surface area contributed by atoms with Crippen LogP contribution in [-0.4, -0.2) is 23.7 Å². The van der Waals surface area contributed by atoms with Gasteiger partial charge in [0.25, 0.3) is 0 Å². The number of carbonyl (C=O) groups is 1. The molecule has 0 saturated carbocycles. The number of halogens is 1. The quantitative estimate of drug-likeness (QED) is 0.712. The molecule has 0 fully saturated rings. The van der Waals surface area contributed by atoms with Crippen LogP contribution in [0.4, 0.5) is 4.39 Å². The van der Waals surface area contributed by atoms with Crippen LogP contribution in [0, 0.1) is 5.82 Å². The van der Waals surface area contributed by atoms with E-state index in [0.717, 1.165) is 13.0 Å². The Kier molecular flexibility index (Phi) is 6.29. The molecule has 0 spiro atoms. The maximum absolute atomic E-state index is 13.2. The summed E-state index contributed by atoms with van der Waals surface area (Å²) in [5.41, 5.74) is 0.633. The minimum atomic E-state index is -1.01. The summed E-state index contributed by atoms with van der Waals surface area (Å²) < 4.78 is 18.7. The summed E-state index contributed by atoms with van der Waals surface area (Å²) in [6.45, 7) is 5.04. The Hall–Kier alpha value is -1.62. The fourth-order valence-corrected chi connectivity index (χ4v) is 1.66. The van der Waals surface area contributed by atoms with E-state index in [9.17, 15) is 9.18 Å². The van der Waals surface area contributed by atoms with E-state index in [0.29, 0.717) is 24.3 Å². The van der Waals surface area contributed by atoms with Gasteiger partial charge in [-0.05, 0) is 37.6 Å². The third-order valence-electron chi connectivity index (χ3n) is 2.68. The van der Waals surface area contributed by atoms with Gasteiger partial charge in [-0.25, -0.2) is 9.18 Å². The maximum atomic E-state index is 13.2. The molecule has 106 valence electrons. The van der Waals surface area contributed by atoms with E-state index in [4.69, 9.17) is 9.84 Å². The summed E-state index contributed by atoms with van der Waals surface area (Å²) in [5, 5.41) is 12.1. The molecule has 1 unspecified atom stereocenters. The molecule has 0 amide bonds. The average Bonchev–Trinajstić information content (AvgIpc) is 2.37. The van der Waals surface area contributed by atoms with Crippen molar-refractivity contribution in [1.29, 1.82) is 0 Å². The molecule has 0 aromatic heterocycles. The Morgan fingerprint density at radius 2 is 2.21 bits per heavy atom. The SMILES string of the molecule is CCCNCc1cc(F)ccc1OC(CC)C(=O)O. The lowest BCUT2D eigenvalue weighted by Crippen LogP contribution is -2.27. The summed E-state index contributed by atoms with van der Waals surface area (Å²) in [6.07, 6.45) is 0.419. The van der Waals surface area contributed by atoms with E-state index >= 15 is 0 Å². The number of ether oxygens (including phenoxy) is 1. The van der Waals surface area contributed by atoms with E-state index in [1.807, 2.05) is 6.92 Å². The second kappa shape index (κ2) is 7.74. The number of hydrogen-bond donors (Lipinski definition) is 2. The van der Waals surface area contributed by atoms with Gasteiger partial charge in [0.05, 0.1) is 0 Å². The van der Waals surface area contributed by atoms with Crippen molar-refractivity contribution in [1.82, 2.24) is 5.32 Å². The van der Waals surface area contributed by atoms with E-state index in [2.05, 4.69) is 5.32 Å². The van der Waals surface area contributed by atoms with Gasteiger partial charge in [0, 0.05) is 12.1 Å². The highest BCUT2D eigenvalue weighted by Gasteiger charge is 2.18. The fraction of sp³-hybridized carbons (Fsp3) is 0.500. The smallest absolute Gasteiger partial charge is 0.344 e. The molecule has 1 aromatic rings. The molecule has 4 nitrogen and oxygen atoms in total. The monoisotopic (exact) mass is 269 g/mol. The molecule has 1 aromatic carbocycles. The molecule has 0 heterocycles. The number of carboxylic acids is 1. The number of benzene rings is 1. The highest BCUT2D eigenvalue weighted by Crippen LogP contribution is 2.21. The van der Waals surface area contributed by atoms with Crippen LogP contribution >= 0.6 is 0 Å².